The van der Waals surface area contributed by atoms with Crippen molar-refractivity contribution in [1.82, 2.24) is 9.47 Å². The van der Waals surface area contributed by atoms with Crippen LogP contribution in [0.25, 0.3) is 11.8 Å². The number of rotatable bonds is 7. The number of aryl methyl sites for hydroxylation is 1. The van der Waals surface area contributed by atoms with E-state index >= 15 is 0 Å². The van der Waals surface area contributed by atoms with Crippen molar-refractivity contribution in [2.24, 2.45) is 0 Å². The van der Waals surface area contributed by atoms with Crippen LogP contribution in [0.5, 0.6) is 0 Å². The number of nitrogens with zero attached hydrogens (tertiary/aromatic N) is 3. The first-order valence-corrected chi connectivity index (χ1v) is 13.9. The second-order valence-electron chi connectivity index (χ2n) is 8.87. The number of hydrogen-bond donors (Lipinski definition) is 0. The lowest BCUT2D eigenvalue weighted by molar-refractivity contribution is -0.384. The topological polar surface area (TPSA) is 85.5 Å². The Morgan fingerprint density at radius 3 is 2.26 bits per heavy atom. The first-order chi connectivity index (χ1) is 18.7. The largest absolute Gasteiger partial charge is 0.318 e. The molecule has 196 valence electrons. The van der Waals surface area contributed by atoms with E-state index in [4.69, 9.17) is 11.6 Å². The molecule has 7 nitrogen and oxygen atoms in total. The molecule has 0 aliphatic carbocycles. The van der Waals surface area contributed by atoms with Crippen LogP contribution in [0.2, 0.25) is 5.02 Å². The van der Waals surface area contributed by atoms with Crippen LogP contribution in [-0.4, -0.2) is 25.5 Å². The molecule has 1 fully saturated rings. The van der Waals surface area contributed by atoms with Crippen LogP contribution in [0.3, 0.4) is 0 Å². The summed E-state index contributed by atoms with van der Waals surface area (Å²) in [4.78, 5) is 39.7. The molecule has 0 bridgehead atoms. The van der Waals surface area contributed by atoms with Crippen molar-refractivity contribution in [1.29, 1.82) is 0 Å². The molecular weight excluding hydrogens is 554 g/mol. The maximum absolute atomic E-state index is 13.1. The van der Waals surface area contributed by atoms with Gasteiger partial charge in [-0.2, -0.15) is 0 Å². The Hall–Kier alpha value is -3.79. The normalized spacial score (nSPS) is 14.4. The summed E-state index contributed by atoms with van der Waals surface area (Å²) in [5.74, 6) is -0.331. The highest BCUT2D eigenvalue weighted by atomic mass is 35.5. The number of aromatic nitrogens is 1. The minimum absolute atomic E-state index is 0.0643. The number of non-ortho nitro benzene ring substituents is 1. The quantitative estimate of drug-likeness (QED) is 0.126. The average molecular weight is 576 g/mol. The van der Waals surface area contributed by atoms with Crippen LogP contribution >= 0.6 is 35.1 Å². The molecule has 0 radical (unpaired) electrons. The van der Waals surface area contributed by atoms with Gasteiger partial charge >= 0.3 is 0 Å². The van der Waals surface area contributed by atoms with Crippen molar-refractivity contribution in [3.63, 3.8) is 0 Å². The third-order valence-electron chi connectivity index (χ3n) is 6.29. The molecule has 39 heavy (non-hydrogen) atoms. The second kappa shape index (κ2) is 11.1. The Kier molecular flexibility index (Phi) is 7.65. The fraction of sp³-hybridized carbons (Fsp3) is 0.103. The van der Waals surface area contributed by atoms with Gasteiger partial charge < -0.3 is 4.57 Å². The molecule has 2 heterocycles. The fourth-order valence-electron chi connectivity index (χ4n) is 4.34. The number of carbonyl (C=O) groups is 2. The number of nitro benzene ring substituents is 1. The highest BCUT2D eigenvalue weighted by Crippen LogP contribution is 2.36. The summed E-state index contributed by atoms with van der Waals surface area (Å²) in [5, 5.41) is 11.1. The van der Waals surface area contributed by atoms with E-state index in [9.17, 15) is 19.7 Å². The zero-order chi connectivity index (χ0) is 27.7. The standard InChI is InChI=1S/C29H22ClN3O4S2/c1-18-15-21(16-27-28(34)31(29(35)39-27)17-20-5-3-4-6-26(20)30)19(2)32(18)22-7-11-24(12-8-22)38-25-13-9-23(10-14-25)33(36)37/h3-16H,17H2,1-2H3/b27-16-. The van der Waals surface area contributed by atoms with E-state index in [2.05, 4.69) is 4.57 Å². The molecule has 0 atom stereocenters. The van der Waals surface area contributed by atoms with E-state index < -0.39 is 4.92 Å². The van der Waals surface area contributed by atoms with Crippen LogP contribution in [0.15, 0.2) is 93.6 Å². The van der Waals surface area contributed by atoms with Gasteiger partial charge in [0.25, 0.3) is 16.8 Å². The molecule has 1 aliphatic rings. The molecule has 0 saturated carbocycles. The Labute approximate surface area is 238 Å². The van der Waals surface area contributed by atoms with E-state index in [0.29, 0.717) is 9.93 Å². The maximum atomic E-state index is 13.1. The molecule has 0 unspecified atom stereocenters. The summed E-state index contributed by atoms with van der Waals surface area (Å²) in [6.45, 7) is 4.10. The molecule has 2 amide bonds. The van der Waals surface area contributed by atoms with Crippen LogP contribution in [0.4, 0.5) is 10.5 Å². The SMILES string of the molecule is Cc1cc(/C=C2\SC(=O)N(Cc3ccccc3Cl)C2=O)c(C)n1-c1ccc(Sc2ccc([N+](=O)[O-])cc2)cc1. The summed E-state index contributed by atoms with van der Waals surface area (Å²) in [5.41, 5.74) is 4.54. The smallest absolute Gasteiger partial charge is 0.293 e. The van der Waals surface area contributed by atoms with Crippen molar-refractivity contribution < 1.29 is 14.5 Å². The van der Waals surface area contributed by atoms with Crippen LogP contribution < -0.4 is 0 Å². The summed E-state index contributed by atoms with van der Waals surface area (Å²) in [6, 6.07) is 23.7. The van der Waals surface area contributed by atoms with Gasteiger partial charge in [0.05, 0.1) is 16.4 Å². The van der Waals surface area contributed by atoms with Crippen LogP contribution in [0, 0.1) is 24.0 Å². The van der Waals surface area contributed by atoms with E-state index in [1.807, 2.05) is 50.2 Å². The number of nitro groups is 1. The van der Waals surface area contributed by atoms with Crippen LogP contribution in [0.1, 0.15) is 22.5 Å². The van der Waals surface area contributed by atoms with Crippen LogP contribution in [-0.2, 0) is 11.3 Å². The fourth-order valence-corrected chi connectivity index (χ4v) is 6.18. The van der Waals surface area contributed by atoms with Gasteiger partial charge in [0.15, 0.2) is 0 Å². The van der Waals surface area contributed by atoms with E-state index in [0.717, 1.165) is 49.8 Å². The Morgan fingerprint density at radius 1 is 0.974 bits per heavy atom. The van der Waals surface area contributed by atoms with Gasteiger partial charge in [-0.3, -0.25) is 24.6 Å². The van der Waals surface area contributed by atoms with Crippen molar-refractivity contribution in [3.05, 3.63) is 121 Å². The molecule has 4 aromatic rings. The zero-order valence-corrected chi connectivity index (χ0v) is 23.3. The third-order valence-corrected chi connectivity index (χ3v) is 8.59. The van der Waals surface area contributed by atoms with Gasteiger partial charge in [-0.25, -0.2) is 0 Å². The predicted molar refractivity (Wildman–Crippen MR) is 155 cm³/mol. The molecule has 3 aromatic carbocycles. The molecule has 1 aliphatic heterocycles. The van der Waals surface area contributed by atoms with Crippen molar-refractivity contribution in [2.75, 3.05) is 0 Å². The number of halogens is 1. The van der Waals surface area contributed by atoms with Gasteiger partial charge in [0.2, 0.25) is 0 Å². The van der Waals surface area contributed by atoms with Crippen molar-refractivity contribution >= 4 is 58.0 Å². The first kappa shape index (κ1) is 26.8. The molecule has 1 aromatic heterocycles. The van der Waals surface area contributed by atoms with Gasteiger partial charge in [0.1, 0.15) is 0 Å². The lowest BCUT2D eigenvalue weighted by Crippen LogP contribution is -2.27. The van der Waals surface area contributed by atoms with E-state index in [-0.39, 0.29) is 23.4 Å². The van der Waals surface area contributed by atoms with Gasteiger partial charge in [0, 0.05) is 44.0 Å². The lowest BCUT2D eigenvalue weighted by atomic mass is 10.2. The minimum Gasteiger partial charge on any atom is -0.318 e. The molecule has 10 heteroatoms. The molecule has 0 spiro atoms. The minimum atomic E-state index is -0.412. The lowest BCUT2D eigenvalue weighted by Gasteiger charge is -2.13. The van der Waals surface area contributed by atoms with Gasteiger partial charge in [-0.05, 0) is 91.3 Å². The number of thioether (sulfide) groups is 1. The maximum Gasteiger partial charge on any atom is 0.293 e. The predicted octanol–water partition coefficient (Wildman–Crippen LogP) is 8.04. The summed E-state index contributed by atoms with van der Waals surface area (Å²) < 4.78 is 2.10. The summed E-state index contributed by atoms with van der Waals surface area (Å²) in [6.07, 6.45) is 1.77. The monoisotopic (exact) mass is 575 g/mol. The number of amides is 2. The number of benzene rings is 3. The zero-order valence-electron chi connectivity index (χ0n) is 21.0. The third kappa shape index (κ3) is 5.66. The molecule has 0 N–H and O–H groups in total. The van der Waals surface area contributed by atoms with E-state index in [1.54, 1.807) is 36.4 Å². The Morgan fingerprint density at radius 2 is 1.62 bits per heavy atom. The highest BCUT2D eigenvalue weighted by Gasteiger charge is 2.35. The summed E-state index contributed by atoms with van der Waals surface area (Å²) >= 11 is 8.69. The van der Waals surface area contributed by atoms with Gasteiger partial charge in [-0.15, -0.1) is 0 Å². The molecule has 1 saturated heterocycles. The number of hydrogen-bond acceptors (Lipinski definition) is 6. The summed E-state index contributed by atoms with van der Waals surface area (Å²) in [7, 11) is 0. The van der Waals surface area contributed by atoms with Crippen molar-refractivity contribution in [3.8, 4) is 5.69 Å². The molecule has 5 rings (SSSR count). The van der Waals surface area contributed by atoms with Gasteiger partial charge in [-0.1, -0.05) is 41.6 Å². The van der Waals surface area contributed by atoms with Crippen molar-refractivity contribution in [2.45, 2.75) is 30.2 Å². The highest BCUT2D eigenvalue weighted by molar-refractivity contribution is 8.18. The number of carbonyl (C=O) groups excluding carboxylic acids is 2. The Balaban J connectivity index is 1.34. The second-order valence-corrected chi connectivity index (χ2v) is 11.4. The van der Waals surface area contributed by atoms with E-state index in [1.165, 1.54) is 28.8 Å². The molecular formula is C29H22ClN3O4S2. The Bertz CT molecular complexity index is 1630. The number of imide groups is 1. The first-order valence-electron chi connectivity index (χ1n) is 11.9. The average Bonchev–Trinajstić information content (AvgIpc) is 3.34.